The number of nitrogens with one attached hydrogen (secondary N) is 1. The van der Waals surface area contributed by atoms with Crippen LogP contribution < -0.4 is 5.32 Å². The molecule has 0 radical (unpaired) electrons. The number of ether oxygens (including phenoxy) is 1. The number of pyridine rings is 1. The molecule has 17 heavy (non-hydrogen) atoms. The Morgan fingerprint density at radius 3 is 2.88 bits per heavy atom. The van der Waals surface area contributed by atoms with E-state index in [4.69, 9.17) is 4.74 Å². The maximum Gasteiger partial charge on any atom is 0.290 e. The largest absolute Gasteiger partial charge is 0.382 e. The van der Waals surface area contributed by atoms with Gasteiger partial charge in [0.05, 0.1) is 4.92 Å². The zero-order valence-electron chi connectivity index (χ0n) is 10.1. The van der Waals surface area contributed by atoms with Gasteiger partial charge in [0.2, 0.25) is 0 Å². The van der Waals surface area contributed by atoms with Crippen molar-refractivity contribution in [2.75, 3.05) is 25.1 Å². The summed E-state index contributed by atoms with van der Waals surface area (Å²) in [6, 6.07) is 3.08. The molecule has 6 nitrogen and oxygen atoms in total. The summed E-state index contributed by atoms with van der Waals surface area (Å²) >= 11 is 0. The monoisotopic (exact) mass is 239 g/mol. The Morgan fingerprint density at radius 1 is 1.53 bits per heavy atom. The van der Waals surface area contributed by atoms with Gasteiger partial charge in [-0.05, 0) is 26.3 Å². The van der Waals surface area contributed by atoms with E-state index in [2.05, 4.69) is 10.3 Å². The summed E-state index contributed by atoms with van der Waals surface area (Å²) < 4.78 is 5.20. The number of aromatic nitrogens is 1. The second-order valence-corrected chi connectivity index (χ2v) is 3.54. The van der Waals surface area contributed by atoms with Crippen molar-refractivity contribution in [2.24, 2.45) is 0 Å². The van der Waals surface area contributed by atoms with Crippen LogP contribution in [-0.2, 0) is 4.74 Å². The zero-order chi connectivity index (χ0) is 12.7. The minimum absolute atomic E-state index is 0.0462. The van der Waals surface area contributed by atoms with Crippen LogP contribution in [0.5, 0.6) is 0 Å². The predicted molar refractivity (Wildman–Crippen MR) is 65.2 cm³/mol. The van der Waals surface area contributed by atoms with Gasteiger partial charge in [-0.15, -0.1) is 0 Å². The van der Waals surface area contributed by atoms with Crippen LogP contribution in [0.3, 0.4) is 0 Å². The molecule has 94 valence electrons. The lowest BCUT2D eigenvalue weighted by molar-refractivity contribution is -0.385. The molecule has 0 spiro atoms. The molecule has 6 heteroatoms. The Bertz CT molecular complexity index is 382. The lowest BCUT2D eigenvalue weighted by Gasteiger charge is -2.06. The molecule has 0 bridgehead atoms. The van der Waals surface area contributed by atoms with Crippen molar-refractivity contribution in [3.63, 3.8) is 0 Å². The van der Waals surface area contributed by atoms with Crippen LogP contribution in [0.1, 0.15) is 19.0 Å². The lowest BCUT2D eigenvalue weighted by atomic mass is 10.3. The summed E-state index contributed by atoms with van der Waals surface area (Å²) in [6.45, 7) is 5.74. The number of hydrogen-bond donors (Lipinski definition) is 1. The molecular weight excluding hydrogens is 222 g/mol. The molecule has 0 atom stereocenters. The van der Waals surface area contributed by atoms with Crippen molar-refractivity contribution in [3.8, 4) is 0 Å². The fraction of sp³-hybridized carbons (Fsp3) is 0.545. The van der Waals surface area contributed by atoms with Gasteiger partial charge >= 0.3 is 0 Å². The Kier molecular flexibility index (Phi) is 5.35. The SMILES string of the molecule is CCOCCCNc1ccc([N+](=O)[O-])c(C)n1. The molecule has 0 saturated carbocycles. The molecule has 0 aromatic carbocycles. The molecule has 0 aliphatic carbocycles. The van der Waals surface area contributed by atoms with Gasteiger partial charge in [-0.3, -0.25) is 10.1 Å². The standard InChI is InChI=1S/C11H17N3O3/c1-3-17-8-4-7-12-11-6-5-10(14(15)16)9(2)13-11/h5-6H,3-4,7-8H2,1-2H3,(H,12,13). The summed E-state index contributed by atoms with van der Waals surface area (Å²) in [5.41, 5.74) is 0.467. The van der Waals surface area contributed by atoms with Gasteiger partial charge in [0, 0.05) is 25.8 Å². The Hall–Kier alpha value is -1.69. The van der Waals surface area contributed by atoms with Crippen molar-refractivity contribution in [2.45, 2.75) is 20.3 Å². The second kappa shape index (κ2) is 6.80. The summed E-state index contributed by atoms with van der Waals surface area (Å²) in [4.78, 5) is 14.3. The third-order valence-electron chi connectivity index (χ3n) is 2.23. The Labute approximate surface area is 100 Å². The fourth-order valence-corrected chi connectivity index (χ4v) is 1.38. The first-order valence-corrected chi connectivity index (χ1v) is 5.58. The first-order valence-electron chi connectivity index (χ1n) is 5.58. The number of nitro groups is 1. The van der Waals surface area contributed by atoms with E-state index in [0.717, 1.165) is 19.6 Å². The second-order valence-electron chi connectivity index (χ2n) is 3.54. The van der Waals surface area contributed by atoms with E-state index < -0.39 is 4.92 Å². The number of hydrogen-bond acceptors (Lipinski definition) is 5. The van der Waals surface area contributed by atoms with Gasteiger partial charge in [0.1, 0.15) is 11.5 Å². The van der Waals surface area contributed by atoms with Gasteiger partial charge in [0.25, 0.3) is 5.69 Å². The minimum Gasteiger partial charge on any atom is -0.382 e. The van der Waals surface area contributed by atoms with E-state index in [-0.39, 0.29) is 5.69 Å². The number of anilines is 1. The first kappa shape index (κ1) is 13.4. The van der Waals surface area contributed by atoms with E-state index >= 15 is 0 Å². The molecule has 0 amide bonds. The number of nitrogens with zero attached hydrogens (tertiary/aromatic N) is 2. The van der Waals surface area contributed by atoms with Crippen molar-refractivity contribution in [1.29, 1.82) is 0 Å². The van der Waals surface area contributed by atoms with Crippen molar-refractivity contribution >= 4 is 11.5 Å². The van der Waals surface area contributed by atoms with Crippen LogP contribution in [0.2, 0.25) is 0 Å². The van der Waals surface area contributed by atoms with E-state index in [1.165, 1.54) is 6.07 Å². The summed E-state index contributed by atoms with van der Waals surface area (Å²) in [5.74, 6) is 0.657. The molecule has 0 fully saturated rings. The average molecular weight is 239 g/mol. The molecule has 1 aromatic rings. The highest BCUT2D eigenvalue weighted by Gasteiger charge is 2.11. The Morgan fingerprint density at radius 2 is 2.29 bits per heavy atom. The first-order chi connectivity index (χ1) is 8.15. The van der Waals surface area contributed by atoms with Crippen LogP contribution in [0, 0.1) is 17.0 Å². The van der Waals surface area contributed by atoms with Gasteiger partial charge in [-0.2, -0.15) is 0 Å². The summed E-state index contributed by atoms with van der Waals surface area (Å²) in [5, 5.41) is 13.7. The van der Waals surface area contributed by atoms with Crippen molar-refractivity contribution in [3.05, 3.63) is 27.9 Å². The quantitative estimate of drug-likeness (QED) is 0.448. The smallest absolute Gasteiger partial charge is 0.290 e. The van der Waals surface area contributed by atoms with E-state index in [1.54, 1.807) is 13.0 Å². The maximum absolute atomic E-state index is 10.6. The molecule has 1 rings (SSSR count). The highest BCUT2D eigenvalue weighted by molar-refractivity contribution is 5.44. The van der Waals surface area contributed by atoms with Crippen molar-refractivity contribution in [1.82, 2.24) is 4.98 Å². The van der Waals surface area contributed by atoms with Gasteiger partial charge in [-0.1, -0.05) is 0 Å². The molecule has 1 heterocycles. The molecule has 0 aliphatic rings. The summed E-state index contributed by atoms with van der Waals surface area (Å²) in [6.07, 6.45) is 0.881. The highest BCUT2D eigenvalue weighted by atomic mass is 16.6. The van der Waals surface area contributed by atoms with E-state index in [0.29, 0.717) is 18.1 Å². The summed E-state index contributed by atoms with van der Waals surface area (Å²) in [7, 11) is 0. The molecule has 0 unspecified atom stereocenters. The molecule has 1 N–H and O–H groups in total. The van der Waals surface area contributed by atoms with Gasteiger partial charge in [0.15, 0.2) is 0 Å². The van der Waals surface area contributed by atoms with Gasteiger partial charge < -0.3 is 10.1 Å². The molecule has 0 saturated heterocycles. The van der Waals surface area contributed by atoms with Crippen LogP contribution in [-0.4, -0.2) is 29.7 Å². The highest BCUT2D eigenvalue weighted by Crippen LogP contribution is 2.17. The van der Waals surface area contributed by atoms with E-state index in [9.17, 15) is 10.1 Å². The van der Waals surface area contributed by atoms with Gasteiger partial charge in [-0.25, -0.2) is 4.98 Å². The number of aryl methyl sites for hydroxylation is 1. The Balaban J connectivity index is 2.45. The fourth-order valence-electron chi connectivity index (χ4n) is 1.38. The predicted octanol–water partition coefficient (Wildman–Crippen LogP) is 2.14. The molecule has 0 aliphatic heterocycles. The molecule has 1 aromatic heterocycles. The third kappa shape index (κ3) is 4.36. The minimum atomic E-state index is -0.429. The zero-order valence-corrected chi connectivity index (χ0v) is 10.1. The number of rotatable bonds is 7. The topological polar surface area (TPSA) is 77.3 Å². The van der Waals surface area contributed by atoms with Crippen LogP contribution in [0.15, 0.2) is 12.1 Å². The van der Waals surface area contributed by atoms with Crippen molar-refractivity contribution < 1.29 is 9.66 Å². The average Bonchev–Trinajstić information content (AvgIpc) is 2.28. The lowest BCUT2D eigenvalue weighted by Crippen LogP contribution is -2.07. The normalized spacial score (nSPS) is 10.2. The maximum atomic E-state index is 10.6. The molecular formula is C11H17N3O3. The van der Waals surface area contributed by atoms with E-state index in [1.807, 2.05) is 6.92 Å². The van der Waals surface area contributed by atoms with Crippen LogP contribution >= 0.6 is 0 Å². The van der Waals surface area contributed by atoms with Crippen LogP contribution in [0.25, 0.3) is 0 Å². The van der Waals surface area contributed by atoms with Crippen LogP contribution in [0.4, 0.5) is 11.5 Å². The third-order valence-corrected chi connectivity index (χ3v) is 2.23.